The molecule has 3 aromatic carbocycles. The minimum Gasteiger partial charge on any atom is -0.508 e. The number of carbonyl (C=O) groups is 2. The fraction of sp³-hybridized carbons (Fsp3) is 0.100. The van der Waals surface area contributed by atoms with Gasteiger partial charge in [0.2, 0.25) is 0 Å². The van der Waals surface area contributed by atoms with Crippen molar-refractivity contribution in [2.45, 2.75) is 12.5 Å². The minimum atomic E-state index is -1.10. The van der Waals surface area contributed by atoms with Gasteiger partial charge in [0.05, 0.1) is 0 Å². The van der Waals surface area contributed by atoms with Crippen LogP contribution in [0.4, 0.5) is 0 Å². The quantitative estimate of drug-likeness (QED) is 0.669. The van der Waals surface area contributed by atoms with E-state index in [0.29, 0.717) is 5.56 Å². The molecule has 0 aromatic heterocycles. The largest absolute Gasteiger partial charge is 0.508 e. The van der Waals surface area contributed by atoms with Crippen molar-refractivity contribution in [3.05, 3.63) is 77.9 Å². The van der Waals surface area contributed by atoms with Gasteiger partial charge >= 0.3 is 5.97 Å². The fourth-order valence-electron chi connectivity index (χ4n) is 2.74. The third-order valence-electron chi connectivity index (χ3n) is 4.04. The molecule has 0 aliphatic carbocycles. The van der Waals surface area contributed by atoms with E-state index in [0.717, 1.165) is 16.3 Å². The summed E-state index contributed by atoms with van der Waals surface area (Å²) in [7, 11) is 0. The van der Waals surface area contributed by atoms with E-state index in [-0.39, 0.29) is 12.2 Å². The number of carboxylic acids is 1. The first kappa shape index (κ1) is 16.5. The maximum atomic E-state index is 12.3. The number of carbonyl (C=O) groups excluding carboxylic acids is 1. The maximum Gasteiger partial charge on any atom is 0.326 e. The fourth-order valence-corrected chi connectivity index (χ4v) is 2.74. The second-order valence-corrected chi connectivity index (χ2v) is 5.75. The van der Waals surface area contributed by atoms with E-state index in [4.69, 9.17) is 0 Å². The Hall–Kier alpha value is -3.34. The Kier molecular flexibility index (Phi) is 4.66. The average molecular weight is 335 g/mol. The van der Waals surface area contributed by atoms with Gasteiger partial charge in [0, 0.05) is 12.0 Å². The number of aliphatic carboxylic acids is 1. The van der Waals surface area contributed by atoms with Crippen molar-refractivity contribution in [1.29, 1.82) is 0 Å². The van der Waals surface area contributed by atoms with Crippen LogP contribution in [0.3, 0.4) is 0 Å². The van der Waals surface area contributed by atoms with Crippen LogP contribution < -0.4 is 5.32 Å². The summed E-state index contributed by atoms with van der Waals surface area (Å²) in [6, 6.07) is 18.0. The SMILES string of the molecule is O=C(NC(Cc1cccc2ccccc12)C(=O)O)c1ccc(O)cc1. The zero-order valence-electron chi connectivity index (χ0n) is 13.3. The normalized spacial score (nSPS) is 11.8. The van der Waals surface area contributed by atoms with Gasteiger partial charge < -0.3 is 15.5 Å². The summed E-state index contributed by atoms with van der Waals surface area (Å²) in [5.41, 5.74) is 1.15. The molecule has 0 bridgehead atoms. The lowest BCUT2D eigenvalue weighted by Crippen LogP contribution is -2.42. The highest BCUT2D eigenvalue weighted by Gasteiger charge is 2.22. The topological polar surface area (TPSA) is 86.6 Å². The van der Waals surface area contributed by atoms with E-state index < -0.39 is 17.9 Å². The van der Waals surface area contributed by atoms with Crippen LogP contribution in [-0.4, -0.2) is 28.1 Å². The Morgan fingerprint density at radius 3 is 2.32 bits per heavy atom. The molecule has 0 spiro atoms. The molecule has 0 saturated heterocycles. The highest BCUT2D eigenvalue weighted by Crippen LogP contribution is 2.20. The number of hydrogen-bond acceptors (Lipinski definition) is 3. The van der Waals surface area contributed by atoms with E-state index in [1.165, 1.54) is 24.3 Å². The van der Waals surface area contributed by atoms with Crippen molar-refractivity contribution in [2.75, 3.05) is 0 Å². The molecule has 1 atom stereocenters. The van der Waals surface area contributed by atoms with Gasteiger partial charge in [-0.3, -0.25) is 4.79 Å². The van der Waals surface area contributed by atoms with E-state index in [1.54, 1.807) is 0 Å². The zero-order chi connectivity index (χ0) is 17.8. The van der Waals surface area contributed by atoms with Crippen molar-refractivity contribution in [1.82, 2.24) is 5.32 Å². The van der Waals surface area contributed by atoms with Crippen LogP contribution in [0.15, 0.2) is 66.7 Å². The summed E-state index contributed by atoms with van der Waals surface area (Å²) < 4.78 is 0. The molecule has 0 fully saturated rings. The van der Waals surface area contributed by atoms with Gasteiger partial charge in [-0.25, -0.2) is 4.79 Å². The lowest BCUT2D eigenvalue weighted by molar-refractivity contribution is -0.139. The Bertz CT molecular complexity index is 913. The van der Waals surface area contributed by atoms with Crippen molar-refractivity contribution in [3.8, 4) is 5.75 Å². The Morgan fingerprint density at radius 1 is 0.920 bits per heavy atom. The number of nitrogens with one attached hydrogen (secondary N) is 1. The van der Waals surface area contributed by atoms with Crippen molar-refractivity contribution in [3.63, 3.8) is 0 Å². The van der Waals surface area contributed by atoms with Gasteiger partial charge in [0.15, 0.2) is 0 Å². The minimum absolute atomic E-state index is 0.0436. The zero-order valence-corrected chi connectivity index (χ0v) is 13.3. The number of rotatable bonds is 5. The van der Waals surface area contributed by atoms with Crippen molar-refractivity contribution in [2.24, 2.45) is 0 Å². The molecule has 3 aromatic rings. The van der Waals surface area contributed by atoms with Crippen LogP contribution in [0.5, 0.6) is 5.75 Å². The number of phenols is 1. The van der Waals surface area contributed by atoms with Crippen molar-refractivity contribution < 1.29 is 19.8 Å². The van der Waals surface area contributed by atoms with E-state index >= 15 is 0 Å². The highest BCUT2D eigenvalue weighted by atomic mass is 16.4. The third kappa shape index (κ3) is 3.77. The molecular formula is C20H17NO4. The number of phenolic OH excluding ortho intramolecular Hbond substituents is 1. The second-order valence-electron chi connectivity index (χ2n) is 5.75. The summed E-state index contributed by atoms with van der Waals surface area (Å²) in [4.78, 5) is 23.9. The molecule has 5 nitrogen and oxygen atoms in total. The monoisotopic (exact) mass is 335 g/mol. The van der Waals surface area contributed by atoms with Gasteiger partial charge in [0.25, 0.3) is 5.91 Å². The van der Waals surface area contributed by atoms with Crippen LogP contribution >= 0.6 is 0 Å². The first-order valence-corrected chi connectivity index (χ1v) is 7.84. The molecule has 1 amide bonds. The summed E-state index contributed by atoms with van der Waals surface area (Å²) in [5, 5.41) is 23.3. The van der Waals surface area contributed by atoms with Crippen LogP contribution in [0.2, 0.25) is 0 Å². The molecule has 1 unspecified atom stereocenters. The Morgan fingerprint density at radius 2 is 1.60 bits per heavy atom. The van der Waals surface area contributed by atoms with E-state index in [1.807, 2.05) is 42.5 Å². The smallest absolute Gasteiger partial charge is 0.326 e. The van der Waals surface area contributed by atoms with E-state index in [9.17, 15) is 19.8 Å². The first-order chi connectivity index (χ1) is 12.0. The average Bonchev–Trinajstić information content (AvgIpc) is 2.61. The molecule has 0 aliphatic heterocycles. The molecule has 0 heterocycles. The number of aromatic hydroxyl groups is 1. The summed E-state index contributed by atoms with van der Waals surface area (Å²) in [5.74, 6) is -1.55. The summed E-state index contributed by atoms with van der Waals surface area (Å²) in [6.07, 6.45) is 0.181. The van der Waals surface area contributed by atoms with Crippen LogP contribution in [0.25, 0.3) is 10.8 Å². The number of carboxylic acid groups (broad SMARTS) is 1. The van der Waals surface area contributed by atoms with E-state index in [2.05, 4.69) is 5.32 Å². The lowest BCUT2D eigenvalue weighted by atomic mass is 9.98. The van der Waals surface area contributed by atoms with Crippen LogP contribution in [0, 0.1) is 0 Å². The predicted molar refractivity (Wildman–Crippen MR) is 94.6 cm³/mol. The summed E-state index contributed by atoms with van der Waals surface area (Å²) in [6.45, 7) is 0. The molecule has 0 saturated carbocycles. The van der Waals surface area contributed by atoms with Gasteiger partial charge in [-0.1, -0.05) is 42.5 Å². The van der Waals surface area contributed by atoms with Crippen LogP contribution in [0.1, 0.15) is 15.9 Å². The standard InChI is InChI=1S/C20H17NO4/c22-16-10-8-14(9-11-16)19(23)21-18(20(24)25)12-15-6-3-5-13-4-1-2-7-17(13)15/h1-11,18,22H,12H2,(H,21,23)(H,24,25). The highest BCUT2D eigenvalue weighted by molar-refractivity contribution is 5.97. The second kappa shape index (κ2) is 7.05. The van der Waals surface area contributed by atoms with Crippen molar-refractivity contribution >= 4 is 22.6 Å². The number of fused-ring (bicyclic) bond motifs is 1. The third-order valence-corrected chi connectivity index (χ3v) is 4.04. The molecule has 5 heteroatoms. The molecule has 3 rings (SSSR count). The van der Waals surface area contributed by atoms with Gasteiger partial charge in [0.1, 0.15) is 11.8 Å². The molecule has 126 valence electrons. The Balaban J connectivity index is 1.83. The molecular weight excluding hydrogens is 318 g/mol. The van der Waals surface area contributed by atoms with Gasteiger partial charge in [-0.15, -0.1) is 0 Å². The molecule has 25 heavy (non-hydrogen) atoms. The molecule has 0 aliphatic rings. The van der Waals surface area contributed by atoms with Gasteiger partial charge in [-0.05, 0) is 40.6 Å². The molecule has 3 N–H and O–H groups in total. The van der Waals surface area contributed by atoms with Crippen LogP contribution in [-0.2, 0) is 11.2 Å². The Labute approximate surface area is 144 Å². The predicted octanol–water partition coefficient (Wildman–Crippen LogP) is 2.97. The number of amides is 1. The molecule has 0 radical (unpaired) electrons. The summed E-state index contributed by atoms with van der Waals surface area (Å²) >= 11 is 0. The number of hydrogen-bond donors (Lipinski definition) is 3. The number of benzene rings is 3. The lowest BCUT2D eigenvalue weighted by Gasteiger charge is -2.16. The van der Waals surface area contributed by atoms with Gasteiger partial charge in [-0.2, -0.15) is 0 Å². The maximum absolute atomic E-state index is 12.3. The first-order valence-electron chi connectivity index (χ1n) is 7.84.